The van der Waals surface area contributed by atoms with Crippen molar-refractivity contribution in [2.45, 2.75) is 36.4 Å². The van der Waals surface area contributed by atoms with Gasteiger partial charge < -0.3 is 9.64 Å². The van der Waals surface area contributed by atoms with Gasteiger partial charge in [-0.2, -0.15) is 0 Å². The molecule has 3 rings (SSSR count). The first-order valence-electron chi connectivity index (χ1n) is 7.54. The number of aromatic nitrogens is 2. The van der Waals surface area contributed by atoms with E-state index in [1.807, 2.05) is 7.05 Å². The van der Waals surface area contributed by atoms with Crippen LogP contribution in [0.4, 0.5) is 9.93 Å². The van der Waals surface area contributed by atoms with Crippen molar-refractivity contribution in [2.75, 3.05) is 37.4 Å². The Balaban J connectivity index is 1.68. The summed E-state index contributed by atoms with van der Waals surface area (Å²) in [6.07, 6.45) is 2.38. The summed E-state index contributed by atoms with van der Waals surface area (Å²) in [5, 5.41) is 12.4. The van der Waals surface area contributed by atoms with Crippen LogP contribution in [-0.2, 0) is 4.74 Å². The molecular weight excluding hydrogens is 322 g/mol. The lowest BCUT2D eigenvalue weighted by Crippen LogP contribution is -2.47. The fourth-order valence-electron chi connectivity index (χ4n) is 2.66. The first-order valence-corrected chi connectivity index (χ1v) is 9.35. The van der Waals surface area contributed by atoms with Gasteiger partial charge in [0, 0.05) is 20.2 Å². The second-order valence-electron chi connectivity index (χ2n) is 5.38. The number of carbonyl (C=O) groups excluding carboxylic acids is 1. The first kappa shape index (κ1) is 16.0. The van der Waals surface area contributed by atoms with Crippen LogP contribution in [0.1, 0.15) is 19.8 Å². The van der Waals surface area contributed by atoms with Gasteiger partial charge in [0.25, 0.3) is 0 Å². The largest absolute Gasteiger partial charge is 0.377 e. The van der Waals surface area contributed by atoms with Crippen LogP contribution in [0.3, 0.4) is 0 Å². The molecule has 22 heavy (non-hydrogen) atoms. The Hall–Kier alpha value is -0.900. The highest BCUT2D eigenvalue weighted by molar-refractivity contribution is 8.01. The monoisotopic (exact) mass is 343 g/mol. The molecule has 2 atom stereocenters. The summed E-state index contributed by atoms with van der Waals surface area (Å²) in [6, 6.07) is -0.0333. The number of nitrogens with one attached hydrogen (secondary N) is 1. The smallest absolute Gasteiger partial charge is 0.327 e. The van der Waals surface area contributed by atoms with E-state index in [4.69, 9.17) is 4.74 Å². The fourth-order valence-corrected chi connectivity index (χ4v) is 4.44. The van der Waals surface area contributed by atoms with Crippen LogP contribution >= 0.6 is 23.1 Å². The Kier molecular flexibility index (Phi) is 5.17. The maximum atomic E-state index is 12.4. The van der Waals surface area contributed by atoms with Gasteiger partial charge in [0.05, 0.1) is 12.6 Å². The van der Waals surface area contributed by atoms with Crippen LogP contribution in [0.25, 0.3) is 0 Å². The molecule has 0 bridgehead atoms. The van der Waals surface area contributed by atoms with Crippen molar-refractivity contribution in [3.63, 3.8) is 0 Å². The number of ether oxygens (including phenoxy) is 1. The predicted octanol–water partition coefficient (Wildman–Crippen LogP) is 1.62. The number of thioether (sulfide) groups is 1. The average molecular weight is 343 g/mol. The SMILES string of the molecule is CCSc1nnc(N2C(=O)N(C)CC2NCC2CCCO2)s1. The lowest BCUT2D eigenvalue weighted by atomic mass is 10.2. The van der Waals surface area contributed by atoms with Gasteiger partial charge in [-0.05, 0) is 18.6 Å². The molecule has 2 aliphatic rings. The number of hydrogen-bond donors (Lipinski definition) is 1. The zero-order valence-corrected chi connectivity index (χ0v) is 14.5. The minimum Gasteiger partial charge on any atom is -0.377 e. The Labute approximate surface area is 138 Å². The van der Waals surface area contributed by atoms with E-state index in [1.165, 1.54) is 11.3 Å². The van der Waals surface area contributed by atoms with Crippen LogP contribution in [0, 0.1) is 0 Å². The van der Waals surface area contributed by atoms with Crippen molar-refractivity contribution in [3.05, 3.63) is 0 Å². The third kappa shape index (κ3) is 3.37. The van der Waals surface area contributed by atoms with E-state index in [2.05, 4.69) is 22.4 Å². The number of likely N-dealkylation sites (N-methyl/N-ethyl adjacent to an activating group) is 1. The molecule has 122 valence electrons. The van der Waals surface area contributed by atoms with Crippen LogP contribution < -0.4 is 10.2 Å². The minimum atomic E-state index is -0.0749. The molecule has 2 amide bonds. The molecular formula is C13H21N5O2S2. The number of hydrogen-bond acceptors (Lipinski definition) is 7. The average Bonchev–Trinajstić information content (AvgIpc) is 3.20. The number of carbonyl (C=O) groups is 1. The Morgan fingerprint density at radius 2 is 2.36 bits per heavy atom. The number of anilines is 1. The molecule has 2 fully saturated rings. The highest BCUT2D eigenvalue weighted by Crippen LogP contribution is 2.31. The zero-order chi connectivity index (χ0) is 15.5. The molecule has 7 nitrogen and oxygen atoms in total. The van der Waals surface area contributed by atoms with E-state index < -0.39 is 0 Å². The van der Waals surface area contributed by atoms with Crippen molar-refractivity contribution in [1.82, 2.24) is 20.4 Å². The molecule has 1 N–H and O–H groups in total. The van der Waals surface area contributed by atoms with Gasteiger partial charge in [0.2, 0.25) is 5.13 Å². The Morgan fingerprint density at radius 1 is 1.50 bits per heavy atom. The summed E-state index contributed by atoms with van der Waals surface area (Å²) in [4.78, 5) is 15.8. The molecule has 0 aromatic carbocycles. The maximum Gasteiger partial charge on any atom is 0.327 e. The van der Waals surface area contributed by atoms with Crippen molar-refractivity contribution >= 4 is 34.3 Å². The topological polar surface area (TPSA) is 70.6 Å². The first-order chi connectivity index (χ1) is 10.7. The quantitative estimate of drug-likeness (QED) is 0.625. The molecule has 1 aromatic rings. The van der Waals surface area contributed by atoms with Gasteiger partial charge in [-0.3, -0.25) is 10.2 Å². The van der Waals surface area contributed by atoms with E-state index >= 15 is 0 Å². The highest BCUT2D eigenvalue weighted by atomic mass is 32.2. The molecule has 9 heteroatoms. The summed E-state index contributed by atoms with van der Waals surface area (Å²) in [5.74, 6) is 0.948. The molecule has 0 spiro atoms. The Bertz CT molecular complexity index is 520. The normalized spacial score (nSPS) is 25.5. The van der Waals surface area contributed by atoms with Gasteiger partial charge in [-0.25, -0.2) is 4.79 Å². The van der Waals surface area contributed by atoms with E-state index in [0.717, 1.165) is 36.1 Å². The van der Waals surface area contributed by atoms with Gasteiger partial charge in [0.15, 0.2) is 4.34 Å². The van der Waals surface area contributed by atoms with Crippen molar-refractivity contribution < 1.29 is 9.53 Å². The van der Waals surface area contributed by atoms with Gasteiger partial charge in [0.1, 0.15) is 6.17 Å². The maximum absolute atomic E-state index is 12.4. The Morgan fingerprint density at radius 3 is 3.09 bits per heavy atom. The third-order valence-corrected chi connectivity index (χ3v) is 5.70. The van der Waals surface area contributed by atoms with Crippen LogP contribution in [0.2, 0.25) is 0 Å². The lowest BCUT2D eigenvalue weighted by molar-refractivity contribution is 0.107. The van der Waals surface area contributed by atoms with Crippen molar-refractivity contribution in [2.24, 2.45) is 0 Å². The fraction of sp³-hybridized carbons (Fsp3) is 0.769. The molecule has 0 saturated carbocycles. The lowest BCUT2D eigenvalue weighted by Gasteiger charge is -2.22. The molecule has 0 aliphatic carbocycles. The second kappa shape index (κ2) is 7.12. The van der Waals surface area contributed by atoms with E-state index in [9.17, 15) is 4.79 Å². The molecule has 2 aliphatic heterocycles. The molecule has 3 heterocycles. The third-order valence-electron chi connectivity index (χ3n) is 3.77. The van der Waals surface area contributed by atoms with Crippen LogP contribution in [0.5, 0.6) is 0 Å². The summed E-state index contributed by atoms with van der Waals surface area (Å²) in [6.45, 7) is 4.32. The zero-order valence-electron chi connectivity index (χ0n) is 12.8. The van der Waals surface area contributed by atoms with Crippen molar-refractivity contribution in [3.8, 4) is 0 Å². The number of nitrogens with zero attached hydrogens (tertiary/aromatic N) is 4. The van der Waals surface area contributed by atoms with Gasteiger partial charge in [-0.15, -0.1) is 10.2 Å². The van der Waals surface area contributed by atoms with Gasteiger partial charge in [-0.1, -0.05) is 30.0 Å². The molecule has 0 radical (unpaired) electrons. The summed E-state index contributed by atoms with van der Waals surface area (Å²) < 4.78 is 6.54. The molecule has 1 aromatic heterocycles. The molecule has 2 saturated heterocycles. The standard InChI is InChI=1S/C13H21N5O2S2/c1-3-21-12-16-15-11(22-12)18-10(8-17(2)13(18)19)14-7-9-5-4-6-20-9/h9-10,14H,3-8H2,1-2H3. The number of rotatable bonds is 6. The van der Waals surface area contributed by atoms with E-state index in [-0.39, 0.29) is 18.3 Å². The van der Waals surface area contributed by atoms with E-state index in [0.29, 0.717) is 11.7 Å². The summed E-state index contributed by atoms with van der Waals surface area (Å²) in [7, 11) is 1.81. The highest BCUT2D eigenvalue weighted by Gasteiger charge is 2.38. The number of amides is 2. The van der Waals surface area contributed by atoms with Crippen LogP contribution in [0.15, 0.2) is 4.34 Å². The summed E-state index contributed by atoms with van der Waals surface area (Å²) >= 11 is 3.12. The molecule has 2 unspecified atom stereocenters. The van der Waals surface area contributed by atoms with Crippen molar-refractivity contribution in [1.29, 1.82) is 0 Å². The minimum absolute atomic E-state index is 0.0333. The second-order valence-corrected chi connectivity index (χ2v) is 7.84. The van der Waals surface area contributed by atoms with E-state index in [1.54, 1.807) is 21.6 Å². The van der Waals surface area contributed by atoms with Gasteiger partial charge >= 0.3 is 6.03 Å². The van der Waals surface area contributed by atoms with Crippen LogP contribution in [-0.4, -0.2) is 65.9 Å². The predicted molar refractivity (Wildman–Crippen MR) is 87.6 cm³/mol. The number of urea groups is 1. The summed E-state index contributed by atoms with van der Waals surface area (Å²) in [5.41, 5.74) is 0.